The molecule has 1 atom stereocenters. The lowest BCUT2D eigenvalue weighted by Gasteiger charge is -2.33. The summed E-state index contributed by atoms with van der Waals surface area (Å²) in [5, 5.41) is 6.40. The van der Waals surface area contributed by atoms with Crippen LogP contribution in [0.15, 0.2) is 18.2 Å². The third-order valence-corrected chi connectivity index (χ3v) is 4.43. The summed E-state index contributed by atoms with van der Waals surface area (Å²) < 4.78 is 11.2. The summed E-state index contributed by atoms with van der Waals surface area (Å²) in [7, 11) is 0. The van der Waals surface area contributed by atoms with Crippen molar-refractivity contribution in [2.45, 2.75) is 52.0 Å². The van der Waals surface area contributed by atoms with Crippen molar-refractivity contribution in [1.29, 1.82) is 0 Å². The molecule has 2 rings (SSSR count). The molecule has 0 radical (unpaired) electrons. The monoisotopic (exact) mass is 334 g/mol. The molecule has 5 heteroatoms. The van der Waals surface area contributed by atoms with Gasteiger partial charge in [-0.2, -0.15) is 0 Å². The summed E-state index contributed by atoms with van der Waals surface area (Å²) in [4.78, 5) is 12.4. The first-order valence-corrected chi connectivity index (χ1v) is 9.01. The lowest BCUT2D eigenvalue weighted by molar-refractivity contribution is -0.127. The molecule has 1 amide bonds. The van der Waals surface area contributed by atoms with E-state index in [0.29, 0.717) is 19.8 Å². The maximum atomic E-state index is 12.4. The van der Waals surface area contributed by atoms with Gasteiger partial charge in [0, 0.05) is 6.54 Å². The van der Waals surface area contributed by atoms with E-state index < -0.39 is 5.54 Å². The SMILES string of the molecule is CCOc1ccc(CCNC(=O)C2(C)CCCCN2)cc1OCC. The Bertz CT molecular complexity index is 539. The molecule has 1 aromatic rings. The number of carbonyl (C=O) groups excluding carboxylic acids is 1. The summed E-state index contributed by atoms with van der Waals surface area (Å²) in [6, 6.07) is 5.97. The number of piperidine rings is 1. The predicted octanol–water partition coefficient (Wildman–Crippen LogP) is 2.67. The van der Waals surface area contributed by atoms with Crippen LogP contribution in [0.2, 0.25) is 0 Å². The number of amides is 1. The number of rotatable bonds is 8. The molecule has 0 spiro atoms. The molecule has 0 bridgehead atoms. The lowest BCUT2D eigenvalue weighted by Crippen LogP contribution is -2.57. The Morgan fingerprint density at radius 2 is 1.96 bits per heavy atom. The minimum Gasteiger partial charge on any atom is -0.490 e. The second kappa shape index (κ2) is 8.92. The molecule has 1 aromatic carbocycles. The molecule has 5 nitrogen and oxygen atoms in total. The van der Waals surface area contributed by atoms with E-state index in [1.807, 2.05) is 39.0 Å². The zero-order valence-corrected chi connectivity index (χ0v) is 15.1. The van der Waals surface area contributed by atoms with Crippen LogP contribution in [0.25, 0.3) is 0 Å². The first-order valence-electron chi connectivity index (χ1n) is 9.01. The fourth-order valence-corrected chi connectivity index (χ4v) is 3.02. The van der Waals surface area contributed by atoms with Gasteiger partial charge in [-0.05, 0) is 70.7 Å². The largest absolute Gasteiger partial charge is 0.490 e. The van der Waals surface area contributed by atoms with Gasteiger partial charge in [0.2, 0.25) is 5.91 Å². The number of hydrogen-bond donors (Lipinski definition) is 2. The molecule has 1 heterocycles. The van der Waals surface area contributed by atoms with E-state index in [1.165, 1.54) is 0 Å². The Kier molecular flexibility index (Phi) is 6.91. The van der Waals surface area contributed by atoms with Crippen molar-refractivity contribution < 1.29 is 14.3 Å². The Morgan fingerprint density at radius 1 is 1.21 bits per heavy atom. The van der Waals surface area contributed by atoms with Crippen molar-refractivity contribution in [3.8, 4) is 11.5 Å². The summed E-state index contributed by atoms with van der Waals surface area (Å²) in [6.07, 6.45) is 3.92. The van der Waals surface area contributed by atoms with Gasteiger partial charge in [0.1, 0.15) is 0 Å². The van der Waals surface area contributed by atoms with Gasteiger partial charge in [-0.15, -0.1) is 0 Å². The van der Waals surface area contributed by atoms with Crippen LogP contribution in [0.3, 0.4) is 0 Å². The number of benzene rings is 1. The average Bonchev–Trinajstić information content (AvgIpc) is 2.58. The summed E-state index contributed by atoms with van der Waals surface area (Å²) in [6.45, 7) is 8.66. The van der Waals surface area contributed by atoms with Crippen molar-refractivity contribution in [2.24, 2.45) is 0 Å². The summed E-state index contributed by atoms with van der Waals surface area (Å²) in [5.74, 6) is 1.63. The van der Waals surface area contributed by atoms with Crippen LogP contribution in [0.1, 0.15) is 45.6 Å². The molecule has 134 valence electrons. The third kappa shape index (κ3) is 4.87. The molecular weight excluding hydrogens is 304 g/mol. The van der Waals surface area contributed by atoms with E-state index in [2.05, 4.69) is 10.6 Å². The predicted molar refractivity (Wildman–Crippen MR) is 95.8 cm³/mol. The van der Waals surface area contributed by atoms with Gasteiger partial charge in [-0.1, -0.05) is 6.07 Å². The average molecular weight is 334 g/mol. The highest BCUT2D eigenvalue weighted by Gasteiger charge is 2.33. The maximum Gasteiger partial charge on any atom is 0.240 e. The standard InChI is InChI=1S/C19H30N2O3/c1-4-23-16-9-8-15(14-17(16)24-5-2)10-13-20-18(22)19(3)11-6-7-12-21-19/h8-9,14,21H,4-7,10-13H2,1-3H3,(H,20,22). The van der Waals surface area contributed by atoms with Gasteiger partial charge < -0.3 is 20.1 Å². The smallest absolute Gasteiger partial charge is 0.240 e. The Hall–Kier alpha value is -1.75. The number of hydrogen-bond acceptors (Lipinski definition) is 4. The molecule has 2 N–H and O–H groups in total. The quantitative estimate of drug-likeness (QED) is 0.767. The van der Waals surface area contributed by atoms with Gasteiger partial charge >= 0.3 is 0 Å². The highest BCUT2D eigenvalue weighted by atomic mass is 16.5. The maximum absolute atomic E-state index is 12.4. The van der Waals surface area contributed by atoms with Crippen molar-refractivity contribution >= 4 is 5.91 Å². The summed E-state index contributed by atoms with van der Waals surface area (Å²) >= 11 is 0. The van der Waals surface area contributed by atoms with Crippen LogP contribution >= 0.6 is 0 Å². The molecule has 1 saturated heterocycles. The highest BCUT2D eigenvalue weighted by Crippen LogP contribution is 2.28. The Labute approximate surface area is 145 Å². The molecule has 1 aliphatic heterocycles. The van der Waals surface area contributed by atoms with E-state index in [-0.39, 0.29) is 5.91 Å². The fraction of sp³-hybridized carbons (Fsp3) is 0.632. The molecule has 1 unspecified atom stereocenters. The van der Waals surface area contributed by atoms with Crippen LogP contribution in [0.4, 0.5) is 0 Å². The molecular formula is C19H30N2O3. The van der Waals surface area contributed by atoms with E-state index in [0.717, 1.165) is 49.3 Å². The minimum absolute atomic E-state index is 0.0955. The van der Waals surface area contributed by atoms with Crippen molar-refractivity contribution in [3.63, 3.8) is 0 Å². The summed E-state index contributed by atoms with van der Waals surface area (Å²) in [5.41, 5.74) is 0.706. The van der Waals surface area contributed by atoms with Crippen molar-refractivity contribution in [3.05, 3.63) is 23.8 Å². The van der Waals surface area contributed by atoms with Crippen molar-refractivity contribution in [2.75, 3.05) is 26.3 Å². The second-order valence-electron chi connectivity index (χ2n) is 6.37. The first kappa shape index (κ1) is 18.6. The molecule has 0 saturated carbocycles. The van der Waals surface area contributed by atoms with Gasteiger partial charge in [0.25, 0.3) is 0 Å². The molecule has 0 aliphatic carbocycles. The van der Waals surface area contributed by atoms with Crippen molar-refractivity contribution in [1.82, 2.24) is 10.6 Å². The number of carbonyl (C=O) groups is 1. The highest BCUT2D eigenvalue weighted by molar-refractivity contribution is 5.85. The molecule has 1 aliphatic rings. The van der Waals surface area contributed by atoms with Gasteiger partial charge in [-0.25, -0.2) is 0 Å². The van der Waals surface area contributed by atoms with Gasteiger partial charge in [0.05, 0.1) is 18.8 Å². The van der Waals surface area contributed by atoms with Crippen LogP contribution in [-0.2, 0) is 11.2 Å². The molecule has 1 fully saturated rings. The first-order chi connectivity index (χ1) is 11.6. The third-order valence-electron chi connectivity index (χ3n) is 4.43. The van der Waals surface area contributed by atoms with Gasteiger partial charge in [0.15, 0.2) is 11.5 Å². The van der Waals surface area contributed by atoms with E-state index in [4.69, 9.17) is 9.47 Å². The van der Waals surface area contributed by atoms with Crippen LogP contribution in [0.5, 0.6) is 11.5 Å². The zero-order chi connectivity index (χ0) is 17.4. The van der Waals surface area contributed by atoms with E-state index in [1.54, 1.807) is 0 Å². The Balaban J connectivity index is 1.89. The lowest BCUT2D eigenvalue weighted by atomic mass is 9.90. The second-order valence-corrected chi connectivity index (χ2v) is 6.37. The van der Waals surface area contributed by atoms with E-state index in [9.17, 15) is 4.79 Å². The molecule has 0 aromatic heterocycles. The normalized spacial score (nSPS) is 20.5. The van der Waals surface area contributed by atoms with Crippen LogP contribution < -0.4 is 20.1 Å². The zero-order valence-electron chi connectivity index (χ0n) is 15.1. The topological polar surface area (TPSA) is 59.6 Å². The van der Waals surface area contributed by atoms with E-state index >= 15 is 0 Å². The number of nitrogens with one attached hydrogen (secondary N) is 2. The minimum atomic E-state index is -0.423. The fourth-order valence-electron chi connectivity index (χ4n) is 3.02. The number of ether oxygens (including phenoxy) is 2. The molecule has 24 heavy (non-hydrogen) atoms. The van der Waals surface area contributed by atoms with Crippen LogP contribution in [-0.4, -0.2) is 37.7 Å². The Morgan fingerprint density at radius 3 is 2.62 bits per heavy atom. The van der Waals surface area contributed by atoms with Gasteiger partial charge in [-0.3, -0.25) is 4.79 Å². The van der Waals surface area contributed by atoms with Crippen LogP contribution in [0, 0.1) is 0 Å².